The Balaban J connectivity index is 1.75. The highest BCUT2D eigenvalue weighted by Crippen LogP contribution is 2.18. The number of nitrogens with one attached hydrogen (secondary N) is 1. The van der Waals surface area contributed by atoms with Crippen LogP contribution in [0.5, 0.6) is 0 Å². The Morgan fingerprint density at radius 1 is 1.05 bits per heavy atom. The summed E-state index contributed by atoms with van der Waals surface area (Å²) >= 11 is 0. The van der Waals surface area contributed by atoms with Gasteiger partial charge in [0.15, 0.2) is 5.82 Å². The Hall–Kier alpha value is -2.24. The standard InChI is InChI=1S/C14H16FN5/c15-11-4-6-12(7-5-11)17-13-10-16-19-14(18-13)20-8-2-1-3-9-20/h4-7,10H,1-3,8-9H2,(H,17,18,19). The van der Waals surface area contributed by atoms with Crippen LogP contribution in [0, 0.1) is 5.82 Å². The molecule has 0 saturated carbocycles. The van der Waals surface area contributed by atoms with E-state index in [9.17, 15) is 4.39 Å². The van der Waals surface area contributed by atoms with Gasteiger partial charge < -0.3 is 10.2 Å². The van der Waals surface area contributed by atoms with Gasteiger partial charge in [0.2, 0.25) is 5.95 Å². The van der Waals surface area contributed by atoms with Crippen LogP contribution in [0.2, 0.25) is 0 Å². The average Bonchev–Trinajstić information content (AvgIpc) is 2.51. The average molecular weight is 273 g/mol. The number of hydrogen-bond acceptors (Lipinski definition) is 5. The Kier molecular flexibility index (Phi) is 3.71. The normalized spacial score (nSPS) is 15.2. The van der Waals surface area contributed by atoms with Crippen LogP contribution in [0.4, 0.5) is 21.8 Å². The highest BCUT2D eigenvalue weighted by atomic mass is 19.1. The molecule has 2 heterocycles. The predicted molar refractivity (Wildman–Crippen MR) is 75.6 cm³/mol. The number of hydrogen-bond donors (Lipinski definition) is 1. The first kappa shape index (κ1) is 12.8. The molecule has 1 aromatic carbocycles. The van der Waals surface area contributed by atoms with Crippen molar-refractivity contribution in [1.29, 1.82) is 0 Å². The zero-order valence-corrected chi connectivity index (χ0v) is 11.1. The summed E-state index contributed by atoms with van der Waals surface area (Å²) in [6.45, 7) is 1.95. The number of piperidine rings is 1. The number of aromatic nitrogens is 3. The van der Waals surface area contributed by atoms with E-state index in [0.29, 0.717) is 11.8 Å². The number of halogens is 1. The second-order valence-electron chi connectivity index (χ2n) is 4.82. The minimum atomic E-state index is -0.259. The second-order valence-corrected chi connectivity index (χ2v) is 4.82. The van der Waals surface area contributed by atoms with Crippen LogP contribution in [0.3, 0.4) is 0 Å². The molecular formula is C14H16FN5. The van der Waals surface area contributed by atoms with Gasteiger partial charge >= 0.3 is 0 Å². The third-order valence-electron chi connectivity index (χ3n) is 3.30. The van der Waals surface area contributed by atoms with Gasteiger partial charge in [0.05, 0.1) is 6.20 Å². The van der Waals surface area contributed by atoms with Crippen molar-refractivity contribution >= 4 is 17.5 Å². The molecule has 1 aromatic heterocycles. The molecule has 0 unspecified atom stereocenters. The lowest BCUT2D eigenvalue weighted by molar-refractivity contribution is 0.565. The maximum atomic E-state index is 12.9. The molecule has 0 spiro atoms. The number of benzene rings is 1. The predicted octanol–water partition coefficient (Wildman–Crippen LogP) is 2.74. The first-order valence-electron chi connectivity index (χ1n) is 6.78. The Morgan fingerprint density at radius 2 is 1.80 bits per heavy atom. The van der Waals surface area contributed by atoms with Crippen LogP contribution >= 0.6 is 0 Å². The first-order chi connectivity index (χ1) is 9.81. The van der Waals surface area contributed by atoms with Gasteiger partial charge in [-0.15, -0.1) is 5.10 Å². The molecule has 2 aromatic rings. The molecule has 0 amide bonds. The fourth-order valence-corrected chi connectivity index (χ4v) is 2.26. The van der Waals surface area contributed by atoms with E-state index in [0.717, 1.165) is 18.8 Å². The minimum Gasteiger partial charge on any atom is -0.339 e. The minimum absolute atomic E-state index is 0.259. The van der Waals surface area contributed by atoms with Gasteiger partial charge in [-0.25, -0.2) is 4.39 Å². The lowest BCUT2D eigenvalue weighted by Crippen LogP contribution is -2.31. The summed E-state index contributed by atoms with van der Waals surface area (Å²) in [7, 11) is 0. The topological polar surface area (TPSA) is 53.9 Å². The molecule has 3 rings (SSSR count). The highest BCUT2D eigenvalue weighted by molar-refractivity contribution is 5.55. The van der Waals surface area contributed by atoms with Crippen LogP contribution in [0.25, 0.3) is 0 Å². The fourth-order valence-electron chi connectivity index (χ4n) is 2.26. The summed E-state index contributed by atoms with van der Waals surface area (Å²) in [5, 5.41) is 11.2. The van der Waals surface area contributed by atoms with Crippen LogP contribution in [-0.2, 0) is 0 Å². The molecule has 0 bridgehead atoms. The molecule has 1 fully saturated rings. The zero-order chi connectivity index (χ0) is 13.8. The van der Waals surface area contributed by atoms with E-state index in [4.69, 9.17) is 0 Å². The molecule has 6 heteroatoms. The molecule has 1 saturated heterocycles. The van der Waals surface area contributed by atoms with E-state index in [-0.39, 0.29) is 5.82 Å². The Morgan fingerprint density at radius 3 is 2.55 bits per heavy atom. The Labute approximate surface area is 116 Å². The molecule has 0 radical (unpaired) electrons. The summed E-state index contributed by atoms with van der Waals surface area (Å²) < 4.78 is 12.9. The molecule has 0 aliphatic carbocycles. The second kappa shape index (κ2) is 5.81. The van der Waals surface area contributed by atoms with E-state index in [2.05, 4.69) is 25.4 Å². The monoisotopic (exact) mass is 273 g/mol. The maximum absolute atomic E-state index is 12.9. The van der Waals surface area contributed by atoms with Crippen LogP contribution in [0.1, 0.15) is 19.3 Å². The summed E-state index contributed by atoms with van der Waals surface area (Å²) in [6, 6.07) is 6.14. The van der Waals surface area contributed by atoms with Gasteiger partial charge in [0, 0.05) is 18.8 Å². The van der Waals surface area contributed by atoms with Crippen molar-refractivity contribution in [1.82, 2.24) is 15.2 Å². The highest BCUT2D eigenvalue weighted by Gasteiger charge is 2.14. The lowest BCUT2D eigenvalue weighted by atomic mass is 10.1. The number of anilines is 3. The van der Waals surface area contributed by atoms with Gasteiger partial charge in [-0.05, 0) is 43.5 Å². The van der Waals surface area contributed by atoms with Crippen LogP contribution in [0.15, 0.2) is 30.5 Å². The van der Waals surface area contributed by atoms with E-state index in [1.54, 1.807) is 18.3 Å². The van der Waals surface area contributed by atoms with E-state index < -0.39 is 0 Å². The third-order valence-corrected chi connectivity index (χ3v) is 3.30. The van der Waals surface area contributed by atoms with Gasteiger partial charge in [-0.1, -0.05) is 0 Å². The maximum Gasteiger partial charge on any atom is 0.247 e. The lowest BCUT2D eigenvalue weighted by Gasteiger charge is -2.26. The van der Waals surface area contributed by atoms with Crippen molar-refractivity contribution < 1.29 is 4.39 Å². The molecule has 0 atom stereocenters. The molecule has 5 nitrogen and oxygen atoms in total. The number of nitrogens with zero attached hydrogens (tertiary/aromatic N) is 4. The fraction of sp³-hybridized carbons (Fsp3) is 0.357. The van der Waals surface area contributed by atoms with Gasteiger partial charge in [0.1, 0.15) is 5.82 Å². The summed E-state index contributed by atoms with van der Waals surface area (Å²) in [5.74, 6) is 1.01. The van der Waals surface area contributed by atoms with Crippen molar-refractivity contribution in [3.05, 3.63) is 36.3 Å². The summed E-state index contributed by atoms with van der Waals surface area (Å²) in [6.07, 6.45) is 5.16. The van der Waals surface area contributed by atoms with E-state index in [1.807, 2.05) is 0 Å². The quantitative estimate of drug-likeness (QED) is 0.932. The van der Waals surface area contributed by atoms with Crippen molar-refractivity contribution in [3.63, 3.8) is 0 Å². The molecule has 1 N–H and O–H groups in total. The largest absolute Gasteiger partial charge is 0.339 e. The smallest absolute Gasteiger partial charge is 0.247 e. The van der Waals surface area contributed by atoms with E-state index >= 15 is 0 Å². The van der Waals surface area contributed by atoms with Crippen LogP contribution < -0.4 is 10.2 Å². The van der Waals surface area contributed by atoms with Crippen molar-refractivity contribution in [3.8, 4) is 0 Å². The first-order valence-corrected chi connectivity index (χ1v) is 6.78. The van der Waals surface area contributed by atoms with E-state index in [1.165, 1.54) is 31.4 Å². The molecular weight excluding hydrogens is 257 g/mol. The Bertz CT molecular complexity index is 566. The third kappa shape index (κ3) is 3.01. The van der Waals surface area contributed by atoms with Gasteiger partial charge in [-0.2, -0.15) is 10.1 Å². The summed E-state index contributed by atoms with van der Waals surface area (Å²) in [4.78, 5) is 6.61. The van der Waals surface area contributed by atoms with Crippen LogP contribution in [-0.4, -0.2) is 28.3 Å². The van der Waals surface area contributed by atoms with Gasteiger partial charge in [-0.3, -0.25) is 0 Å². The molecule has 1 aliphatic rings. The van der Waals surface area contributed by atoms with Gasteiger partial charge in [0.25, 0.3) is 0 Å². The summed E-state index contributed by atoms with van der Waals surface area (Å²) in [5.41, 5.74) is 0.775. The van der Waals surface area contributed by atoms with Crippen molar-refractivity contribution in [2.24, 2.45) is 0 Å². The number of rotatable bonds is 3. The molecule has 20 heavy (non-hydrogen) atoms. The zero-order valence-electron chi connectivity index (χ0n) is 11.1. The molecule has 1 aliphatic heterocycles. The molecule has 104 valence electrons. The SMILES string of the molecule is Fc1ccc(Nc2cnnc(N3CCCCC3)n2)cc1. The van der Waals surface area contributed by atoms with Crippen molar-refractivity contribution in [2.45, 2.75) is 19.3 Å². The van der Waals surface area contributed by atoms with Crippen molar-refractivity contribution in [2.75, 3.05) is 23.3 Å².